The van der Waals surface area contributed by atoms with Crippen LogP contribution in [0.1, 0.15) is 22.0 Å². The van der Waals surface area contributed by atoms with Crippen molar-refractivity contribution < 1.29 is 24.9 Å². The van der Waals surface area contributed by atoms with Gasteiger partial charge in [0, 0.05) is 17.8 Å². The zero-order valence-corrected chi connectivity index (χ0v) is 10.9. The largest absolute Gasteiger partial charge is 0.508 e. The first kappa shape index (κ1) is 13.3. The number of carbonyl (C=O) groups excluding carboxylic acids is 1. The molecule has 0 fully saturated rings. The van der Waals surface area contributed by atoms with Gasteiger partial charge >= 0.3 is 0 Å². The third kappa shape index (κ3) is 2.15. The summed E-state index contributed by atoms with van der Waals surface area (Å²) in [6.07, 6.45) is -2.37. The number of phenolic OH excluding ortho intramolecular Hbond substituents is 2. The number of phenols is 2. The molecule has 2 atom stereocenters. The fraction of sp³-hybridized carbons (Fsp3) is 0.133. The lowest BCUT2D eigenvalue weighted by Crippen LogP contribution is -2.36. The van der Waals surface area contributed by atoms with Crippen molar-refractivity contribution in [3.05, 3.63) is 47.5 Å². The molecule has 3 rings (SSSR count). The van der Waals surface area contributed by atoms with Crippen LogP contribution in [0.5, 0.6) is 17.2 Å². The smallest absolute Gasteiger partial charge is 0.202 e. The summed E-state index contributed by atoms with van der Waals surface area (Å²) in [5.41, 5.74) is 6.58. The second-order valence-corrected chi connectivity index (χ2v) is 4.85. The maximum atomic E-state index is 12.2. The van der Waals surface area contributed by atoms with Gasteiger partial charge in [-0.3, -0.25) is 4.79 Å². The topological polar surface area (TPSA) is 113 Å². The predicted octanol–water partition coefficient (Wildman–Crippen LogP) is 1.36. The number of ether oxygens (including phenoxy) is 1. The van der Waals surface area contributed by atoms with E-state index in [0.717, 1.165) is 6.07 Å². The number of aliphatic hydroxyl groups is 1. The molecule has 0 aliphatic carbocycles. The van der Waals surface area contributed by atoms with Crippen molar-refractivity contribution in [1.29, 1.82) is 0 Å². The van der Waals surface area contributed by atoms with Crippen molar-refractivity contribution in [2.45, 2.75) is 12.2 Å². The monoisotopic (exact) mass is 287 g/mol. The van der Waals surface area contributed by atoms with E-state index in [1.807, 2.05) is 0 Å². The number of anilines is 1. The Morgan fingerprint density at radius 1 is 1.10 bits per heavy atom. The van der Waals surface area contributed by atoms with Gasteiger partial charge in [-0.2, -0.15) is 0 Å². The molecule has 0 bridgehead atoms. The van der Waals surface area contributed by atoms with E-state index in [1.54, 1.807) is 24.3 Å². The Kier molecular flexibility index (Phi) is 2.95. The second kappa shape index (κ2) is 4.68. The van der Waals surface area contributed by atoms with Gasteiger partial charge in [-0.15, -0.1) is 0 Å². The van der Waals surface area contributed by atoms with Crippen LogP contribution in [-0.2, 0) is 0 Å². The van der Waals surface area contributed by atoms with Crippen LogP contribution in [0.15, 0.2) is 36.4 Å². The molecule has 21 heavy (non-hydrogen) atoms. The lowest BCUT2D eigenvalue weighted by molar-refractivity contribution is 0.0211. The number of rotatable bonds is 1. The average molecular weight is 287 g/mol. The summed E-state index contributed by atoms with van der Waals surface area (Å²) in [5, 5.41) is 29.3. The van der Waals surface area contributed by atoms with E-state index >= 15 is 0 Å². The van der Waals surface area contributed by atoms with Gasteiger partial charge in [-0.25, -0.2) is 0 Å². The van der Waals surface area contributed by atoms with Crippen LogP contribution in [0, 0.1) is 0 Å². The number of nitrogen functional groups attached to an aromatic ring is 1. The number of nitrogens with two attached hydrogens (primary N) is 1. The summed E-state index contributed by atoms with van der Waals surface area (Å²) >= 11 is 0. The molecule has 0 aromatic heterocycles. The summed E-state index contributed by atoms with van der Waals surface area (Å²) in [7, 11) is 0. The molecule has 6 nitrogen and oxygen atoms in total. The van der Waals surface area contributed by atoms with E-state index in [2.05, 4.69) is 0 Å². The molecule has 1 aliphatic heterocycles. The molecular weight excluding hydrogens is 274 g/mol. The van der Waals surface area contributed by atoms with Crippen molar-refractivity contribution in [3.63, 3.8) is 0 Å². The highest BCUT2D eigenvalue weighted by atomic mass is 16.5. The Morgan fingerprint density at radius 2 is 1.76 bits per heavy atom. The van der Waals surface area contributed by atoms with E-state index in [4.69, 9.17) is 10.5 Å². The average Bonchev–Trinajstić information content (AvgIpc) is 2.43. The molecular formula is C15H13NO5. The van der Waals surface area contributed by atoms with Crippen LogP contribution in [-0.4, -0.2) is 27.2 Å². The zero-order valence-electron chi connectivity index (χ0n) is 10.9. The van der Waals surface area contributed by atoms with E-state index in [0.29, 0.717) is 11.3 Å². The molecule has 0 saturated heterocycles. The van der Waals surface area contributed by atoms with Gasteiger partial charge in [0.15, 0.2) is 12.2 Å². The zero-order chi connectivity index (χ0) is 15.1. The summed E-state index contributed by atoms with van der Waals surface area (Å²) < 4.78 is 5.57. The van der Waals surface area contributed by atoms with Gasteiger partial charge < -0.3 is 25.8 Å². The molecule has 2 aromatic carbocycles. The van der Waals surface area contributed by atoms with Gasteiger partial charge in [-0.05, 0) is 17.7 Å². The molecule has 0 amide bonds. The summed E-state index contributed by atoms with van der Waals surface area (Å²) in [6, 6.07) is 8.80. The number of ketones is 1. The molecule has 5 N–H and O–H groups in total. The number of Topliss-reactive ketones (excluding diaryl/α,β-unsaturated/α-hetero) is 1. The number of aliphatic hydroxyl groups excluding tert-OH is 1. The van der Waals surface area contributed by atoms with Crippen LogP contribution in [0.25, 0.3) is 0 Å². The molecule has 0 spiro atoms. The standard InChI is InChI=1S/C15H13NO5/c16-8-3-1-7(2-4-8)15-14(20)13(19)12-10(18)5-9(17)6-11(12)21-15/h1-6,14-15,17-18,20H,16H2/t14-,15-/m0/s1. The Hall–Kier alpha value is -2.73. The van der Waals surface area contributed by atoms with Gasteiger partial charge in [0.25, 0.3) is 0 Å². The molecule has 0 unspecified atom stereocenters. The minimum atomic E-state index is -1.45. The molecule has 1 aliphatic rings. The SMILES string of the molecule is Nc1ccc([C@@H]2Oc3cc(O)cc(O)c3C(=O)[C@@H]2O)cc1. The number of benzene rings is 2. The summed E-state index contributed by atoms with van der Waals surface area (Å²) in [6.45, 7) is 0. The van der Waals surface area contributed by atoms with E-state index in [9.17, 15) is 20.1 Å². The van der Waals surface area contributed by atoms with E-state index < -0.39 is 23.7 Å². The Labute approximate surface area is 120 Å². The lowest BCUT2D eigenvalue weighted by Gasteiger charge is -2.30. The fourth-order valence-corrected chi connectivity index (χ4v) is 2.35. The highest BCUT2D eigenvalue weighted by molar-refractivity contribution is 6.05. The highest BCUT2D eigenvalue weighted by Gasteiger charge is 2.38. The van der Waals surface area contributed by atoms with Crippen molar-refractivity contribution >= 4 is 11.5 Å². The van der Waals surface area contributed by atoms with Crippen LogP contribution in [0.4, 0.5) is 5.69 Å². The summed E-state index contributed by atoms with van der Waals surface area (Å²) in [4.78, 5) is 12.2. The first-order chi connectivity index (χ1) is 9.97. The van der Waals surface area contributed by atoms with Crippen molar-refractivity contribution in [2.24, 2.45) is 0 Å². The molecule has 1 heterocycles. The Bertz CT molecular complexity index is 711. The molecule has 0 saturated carbocycles. The third-order valence-electron chi connectivity index (χ3n) is 3.39. The molecule has 2 aromatic rings. The van der Waals surface area contributed by atoms with Gasteiger partial charge in [0.1, 0.15) is 22.8 Å². The Balaban J connectivity index is 2.07. The number of hydrogen-bond donors (Lipinski definition) is 4. The molecule has 6 heteroatoms. The van der Waals surface area contributed by atoms with Crippen LogP contribution >= 0.6 is 0 Å². The number of aromatic hydroxyl groups is 2. The van der Waals surface area contributed by atoms with E-state index in [-0.39, 0.29) is 17.1 Å². The van der Waals surface area contributed by atoms with Gasteiger partial charge in [0.2, 0.25) is 5.78 Å². The second-order valence-electron chi connectivity index (χ2n) is 4.85. The number of hydrogen-bond acceptors (Lipinski definition) is 6. The van der Waals surface area contributed by atoms with Crippen molar-refractivity contribution in [3.8, 4) is 17.2 Å². The third-order valence-corrected chi connectivity index (χ3v) is 3.39. The van der Waals surface area contributed by atoms with Gasteiger partial charge in [0.05, 0.1) is 0 Å². The number of fused-ring (bicyclic) bond motifs is 1. The van der Waals surface area contributed by atoms with Crippen molar-refractivity contribution in [2.75, 3.05) is 5.73 Å². The molecule has 0 radical (unpaired) electrons. The van der Waals surface area contributed by atoms with Crippen molar-refractivity contribution in [1.82, 2.24) is 0 Å². The summed E-state index contributed by atoms with van der Waals surface area (Å²) in [5.74, 6) is -1.28. The van der Waals surface area contributed by atoms with Crippen LogP contribution in [0.2, 0.25) is 0 Å². The maximum absolute atomic E-state index is 12.2. The highest BCUT2D eigenvalue weighted by Crippen LogP contribution is 2.41. The predicted molar refractivity (Wildman–Crippen MR) is 74.3 cm³/mol. The first-order valence-electron chi connectivity index (χ1n) is 6.27. The van der Waals surface area contributed by atoms with E-state index in [1.165, 1.54) is 6.07 Å². The first-order valence-corrected chi connectivity index (χ1v) is 6.27. The minimum Gasteiger partial charge on any atom is -0.508 e. The Morgan fingerprint density at radius 3 is 2.43 bits per heavy atom. The minimum absolute atomic E-state index is 0.0321. The number of carbonyl (C=O) groups is 1. The fourth-order valence-electron chi connectivity index (χ4n) is 2.35. The maximum Gasteiger partial charge on any atom is 0.202 e. The van der Waals surface area contributed by atoms with Gasteiger partial charge in [-0.1, -0.05) is 12.1 Å². The normalized spacial score (nSPS) is 20.7. The van der Waals surface area contributed by atoms with Crippen LogP contribution < -0.4 is 10.5 Å². The van der Waals surface area contributed by atoms with Crippen LogP contribution in [0.3, 0.4) is 0 Å². The molecule has 108 valence electrons. The lowest BCUT2D eigenvalue weighted by atomic mass is 9.93. The quantitative estimate of drug-likeness (QED) is 0.589.